The topological polar surface area (TPSA) is 104 Å². The number of hydrogen-bond donors (Lipinski definition) is 0. The fraction of sp³-hybridized carbons (Fsp3) is 0.167. The summed E-state index contributed by atoms with van der Waals surface area (Å²) in [4.78, 5) is 49.1. The van der Waals surface area contributed by atoms with Crippen LogP contribution in [0.2, 0.25) is 0 Å². The molecule has 0 bridgehead atoms. The molecule has 0 saturated heterocycles. The van der Waals surface area contributed by atoms with E-state index in [0.717, 1.165) is 5.56 Å². The van der Waals surface area contributed by atoms with Gasteiger partial charge in [0.2, 0.25) is 0 Å². The maximum atomic E-state index is 13.5. The lowest BCUT2D eigenvalue weighted by Crippen LogP contribution is -2.34. The molecule has 5 aromatic rings. The number of pyridine rings is 2. The zero-order valence-electron chi connectivity index (χ0n) is 21.5. The molecule has 0 saturated carbocycles. The molecule has 0 aliphatic heterocycles. The third-order valence-corrected chi connectivity index (χ3v) is 6.09. The van der Waals surface area contributed by atoms with E-state index in [4.69, 9.17) is 14.5 Å². The fourth-order valence-corrected chi connectivity index (χ4v) is 4.22. The second-order valence-electron chi connectivity index (χ2n) is 8.78. The Labute approximate surface area is 223 Å². The Bertz CT molecular complexity index is 1790. The van der Waals surface area contributed by atoms with E-state index in [1.807, 2.05) is 36.4 Å². The van der Waals surface area contributed by atoms with E-state index in [0.29, 0.717) is 11.4 Å². The Balaban J connectivity index is 1.79. The number of ether oxygens (including phenoxy) is 2. The van der Waals surface area contributed by atoms with Crippen LogP contribution in [-0.2, 0) is 16.1 Å². The fourth-order valence-electron chi connectivity index (χ4n) is 4.22. The van der Waals surface area contributed by atoms with Crippen LogP contribution in [-0.4, -0.2) is 38.5 Å². The summed E-state index contributed by atoms with van der Waals surface area (Å²) in [6.07, 6.45) is 0.665. The smallest absolute Gasteiger partial charge is 0.341 e. The van der Waals surface area contributed by atoms with E-state index in [1.165, 1.54) is 10.5 Å². The molecule has 9 nitrogen and oxygen atoms in total. The second-order valence-corrected chi connectivity index (χ2v) is 8.78. The summed E-state index contributed by atoms with van der Waals surface area (Å²) >= 11 is 0. The van der Waals surface area contributed by atoms with Crippen LogP contribution in [0.1, 0.15) is 29.8 Å². The standard InChI is InChI=1S/C30H26N4O5/c1-3-38-30(37)24-18-23-26(31-25-16-10-11-17-33(25)29(23)36)34(19-21-12-6-4-7-13-21)27(24)32-28(35)20(2)39-22-14-8-5-9-15-22/h4-18,20H,3,19H2,1-2H3/t20-/m1/s1. The van der Waals surface area contributed by atoms with Crippen LogP contribution in [0.25, 0.3) is 16.7 Å². The van der Waals surface area contributed by atoms with E-state index >= 15 is 0 Å². The van der Waals surface area contributed by atoms with Crippen molar-refractivity contribution in [2.24, 2.45) is 4.99 Å². The number of amides is 1. The molecule has 0 aliphatic rings. The van der Waals surface area contributed by atoms with Crippen LogP contribution in [0.5, 0.6) is 5.75 Å². The van der Waals surface area contributed by atoms with Gasteiger partial charge < -0.3 is 14.0 Å². The number of carbonyl (C=O) groups is 2. The van der Waals surface area contributed by atoms with Crippen molar-refractivity contribution in [3.05, 3.63) is 118 Å². The summed E-state index contributed by atoms with van der Waals surface area (Å²) in [5, 5.41) is 0.192. The summed E-state index contributed by atoms with van der Waals surface area (Å²) < 4.78 is 14.1. The van der Waals surface area contributed by atoms with Crippen molar-refractivity contribution in [1.29, 1.82) is 0 Å². The molecule has 1 atom stereocenters. The number of carbonyl (C=O) groups excluding carboxylic acids is 2. The zero-order valence-corrected chi connectivity index (χ0v) is 21.5. The van der Waals surface area contributed by atoms with Gasteiger partial charge in [-0.25, -0.2) is 9.78 Å². The highest BCUT2D eigenvalue weighted by Gasteiger charge is 2.22. The van der Waals surface area contributed by atoms with Gasteiger partial charge in [0.15, 0.2) is 11.6 Å². The van der Waals surface area contributed by atoms with Gasteiger partial charge in [0.1, 0.15) is 22.6 Å². The summed E-state index contributed by atoms with van der Waals surface area (Å²) in [6, 6.07) is 25.0. The zero-order chi connectivity index (χ0) is 27.4. The number of rotatable bonds is 7. The van der Waals surface area contributed by atoms with Gasteiger partial charge in [0, 0.05) is 6.20 Å². The van der Waals surface area contributed by atoms with Crippen LogP contribution in [0.3, 0.4) is 0 Å². The summed E-state index contributed by atoms with van der Waals surface area (Å²) in [5.74, 6) is -0.805. The molecule has 1 amide bonds. The highest BCUT2D eigenvalue weighted by Crippen LogP contribution is 2.15. The lowest BCUT2D eigenvalue weighted by Gasteiger charge is -2.16. The normalized spacial score (nSPS) is 12.4. The molecule has 39 heavy (non-hydrogen) atoms. The molecule has 9 heteroatoms. The van der Waals surface area contributed by atoms with Gasteiger partial charge in [-0.2, -0.15) is 4.99 Å². The monoisotopic (exact) mass is 522 g/mol. The van der Waals surface area contributed by atoms with Crippen LogP contribution in [0, 0.1) is 0 Å². The van der Waals surface area contributed by atoms with Crippen LogP contribution < -0.4 is 15.8 Å². The Morgan fingerprint density at radius 2 is 1.67 bits per heavy atom. The first-order valence-electron chi connectivity index (χ1n) is 12.5. The SMILES string of the molecule is CCOC(=O)c1cc2c(=O)n3ccccc3nc2n(Cc2ccccc2)c1=NC(=O)[C@@H](C)Oc1ccccc1. The molecule has 3 heterocycles. The molecule has 0 unspecified atom stereocenters. The lowest BCUT2D eigenvalue weighted by atomic mass is 10.1. The van der Waals surface area contributed by atoms with Gasteiger partial charge in [0.05, 0.1) is 18.5 Å². The number of benzene rings is 2. The Morgan fingerprint density at radius 3 is 2.38 bits per heavy atom. The van der Waals surface area contributed by atoms with Crippen molar-refractivity contribution in [1.82, 2.24) is 14.0 Å². The minimum Gasteiger partial charge on any atom is -0.481 e. The number of esters is 1. The average Bonchev–Trinajstić information content (AvgIpc) is 2.95. The lowest BCUT2D eigenvalue weighted by molar-refractivity contribution is -0.124. The highest BCUT2D eigenvalue weighted by molar-refractivity contribution is 5.94. The van der Waals surface area contributed by atoms with Crippen molar-refractivity contribution in [2.45, 2.75) is 26.5 Å². The van der Waals surface area contributed by atoms with Crippen molar-refractivity contribution >= 4 is 28.6 Å². The minimum absolute atomic E-state index is 0.0182. The van der Waals surface area contributed by atoms with E-state index in [1.54, 1.807) is 67.1 Å². The van der Waals surface area contributed by atoms with Gasteiger partial charge in [0.25, 0.3) is 11.5 Å². The highest BCUT2D eigenvalue weighted by atomic mass is 16.5. The summed E-state index contributed by atoms with van der Waals surface area (Å²) in [7, 11) is 0. The van der Waals surface area contributed by atoms with Crippen molar-refractivity contribution in [2.75, 3.05) is 6.61 Å². The Kier molecular flexibility index (Phi) is 7.31. The van der Waals surface area contributed by atoms with Crippen LogP contribution in [0.4, 0.5) is 0 Å². The van der Waals surface area contributed by atoms with Gasteiger partial charge in [-0.15, -0.1) is 0 Å². The van der Waals surface area contributed by atoms with E-state index in [-0.39, 0.29) is 40.8 Å². The average molecular weight is 523 g/mol. The van der Waals surface area contributed by atoms with Crippen LogP contribution >= 0.6 is 0 Å². The third kappa shape index (κ3) is 5.33. The third-order valence-electron chi connectivity index (χ3n) is 6.09. The van der Waals surface area contributed by atoms with Gasteiger partial charge in [-0.3, -0.25) is 14.0 Å². The first-order valence-corrected chi connectivity index (χ1v) is 12.5. The first kappa shape index (κ1) is 25.6. The number of nitrogens with zero attached hydrogens (tertiary/aromatic N) is 4. The molecule has 0 spiro atoms. The van der Waals surface area contributed by atoms with E-state index in [9.17, 15) is 14.4 Å². The molecule has 0 aliphatic carbocycles. The number of aromatic nitrogens is 3. The molecule has 0 fully saturated rings. The van der Waals surface area contributed by atoms with Crippen LogP contribution in [0.15, 0.2) is 101 Å². The molecule has 0 N–H and O–H groups in total. The Morgan fingerprint density at radius 1 is 0.974 bits per heavy atom. The minimum atomic E-state index is -0.946. The number of para-hydroxylation sites is 1. The van der Waals surface area contributed by atoms with Crippen molar-refractivity contribution in [3.63, 3.8) is 0 Å². The van der Waals surface area contributed by atoms with E-state index in [2.05, 4.69) is 4.99 Å². The first-order chi connectivity index (χ1) is 19.0. The molecule has 0 radical (unpaired) electrons. The molecular weight excluding hydrogens is 496 g/mol. The van der Waals surface area contributed by atoms with Gasteiger partial charge in [-0.1, -0.05) is 54.6 Å². The molecule has 2 aromatic carbocycles. The maximum Gasteiger partial charge on any atom is 0.341 e. The summed E-state index contributed by atoms with van der Waals surface area (Å²) in [6.45, 7) is 3.56. The Hall–Kier alpha value is -5.05. The maximum absolute atomic E-state index is 13.5. The van der Waals surface area contributed by atoms with Crippen molar-refractivity contribution in [3.8, 4) is 5.75 Å². The second kappa shape index (κ2) is 11.1. The van der Waals surface area contributed by atoms with E-state index < -0.39 is 18.0 Å². The summed E-state index contributed by atoms with van der Waals surface area (Å²) in [5.41, 5.74) is 1.21. The molecule has 5 rings (SSSR count). The molecular formula is C30H26N4O5. The molecule has 3 aromatic heterocycles. The number of fused-ring (bicyclic) bond motifs is 2. The van der Waals surface area contributed by atoms with Crippen molar-refractivity contribution < 1.29 is 19.1 Å². The van der Waals surface area contributed by atoms with Gasteiger partial charge in [-0.05, 0) is 49.7 Å². The molecule has 196 valence electrons. The largest absolute Gasteiger partial charge is 0.481 e. The predicted octanol–water partition coefficient (Wildman–Crippen LogP) is 3.77. The van der Waals surface area contributed by atoms with Gasteiger partial charge >= 0.3 is 5.97 Å². The quantitative estimate of drug-likeness (QED) is 0.238. The predicted molar refractivity (Wildman–Crippen MR) is 146 cm³/mol. The number of hydrogen-bond acceptors (Lipinski definition) is 6.